The molecule has 22 heavy (non-hydrogen) atoms. The molecule has 1 heterocycles. The second-order valence-electron chi connectivity index (χ2n) is 6.85. The average Bonchev–Trinajstić information content (AvgIpc) is 2.91. The van der Waals surface area contributed by atoms with E-state index in [-0.39, 0.29) is 29.3 Å². The van der Waals surface area contributed by atoms with Crippen molar-refractivity contribution >= 4 is 12.0 Å². The van der Waals surface area contributed by atoms with E-state index in [1.54, 1.807) is 18.2 Å². The van der Waals surface area contributed by atoms with Gasteiger partial charge < -0.3 is 9.64 Å². The van der Waals surface area contributed by atoms with Crippen molar-refractivity contribution in [2.75, 3.05) is 13.7 Å². The molecule has 118 valence electrons. The van der Waals surface area contributed by atoms with Gasteiger partial charge in [-0.05, 0) is 30.2 Å². The van der Waals surface area contributed by atoms with Gasteiger partial charge in [-0.3, -0.25) is 4.79 Å². The molecule has 0 radical (unpaired) electrons. The molecule has 3 atom stereocenters. The molecule has 0 bridgehead atoms. The van der Waals surface area contributed by atoms with Crippen molar-refractivity contribution in [3.8, 4) is 0 Å². The number of hydrogen-bond donors (Lipinski definition) is 0. The van der Waals surface area contributed by atoms with Crippen LogP contribution < -0.4 is 0 Å². The fourth-order valence-electron chi connectivity index (χ4n) is 4.12. The maximum absolute atomic E-state index is 13.1. The average molecular weight is 303 g/mol. The molecule has 1 amide bonds. The van der Waals surface area contributed by atoms with Gasteiger partial charge in [0.05, 0.1) is 6.10 Å². The van der Waals surface area contributed by atoms with Gasteiger partial charge in [-0.15, -0.1) is 0 Å². The lowest BCUT2D eigenvalue weighted by molar-refractivity contribution is -0.163. The van der Waals surface area contributed by atoms with Crippen LogP contribution in [0.15, 0.2) is 30.3 Å². The summed E-state index contributed by atoms with van der Waals surface area (Å²) in [6.45, 7) is 5.10. The molecular weight excluding hydrogens is 281 g/mol. The summed E-state index contributed by atoms with van der Waals surface area (Å²) in [5.41, 5.74) is 0.676. The second-order valence-corrected chi connectivity index (χ2v) is 6.85. The molecule has 1 aromatic rings. The molecule has 3 rings (SSSR count). The lowest BCUT2D eigenvalue weighted by Gasteiger charge is -2.57. The summed E-state index contributed by atoms with van der Waals surface area (Å²) in [5.74, 6) is 0.0910. The van der Waals surface area contributed by atoms with E-state index >= 15 is 0 Å². The third-order valence-electron chi connectivity index (χ3n) is 5.07. The number of rotatable bonds is 3. The van der Waals surface area contributed by atoms with Crippen LogP contribution in [0.3, 0.4) is 0 Å². The Balaban J connectivity index is 1.70. The Hall–Kier alpha value is -1.68. The normalized spacial score (nSPS) is 29.2. The van der Waals surface area contributed by atoms with Crippen LogP contribution in [0.5, 0.6) is 0 Å². The monoisotopic (exact) mass is 303 g/mol. The van der Waals surface area contributed by atoms with Gasteiger partial charge in [0.25, 0.3) is 0 Å². The van der Waals surface area contributed by atoms with Crippen molar-refractivity contribution in [1.29, 1.82) is 0 Å². The first-order valence-corrected chi connectivity index (χ1v) is 7.73. The predicted molar refractivity (Wildman–Crippen MR) is 83.6 cm³/mol. The van der Waals surface area contributed by atoms with Crippen LogP contribution in [0.4, 0.5) is 4.39 Å². The van der Waals surface area contributed by atoms with Crippen LogP contribution in [-0.2, 0) is 9.53 Å². The SMILES string of the molecule is CN(C(=O)/C=C\c1cccc(F)c1)[C@@H]1[C@@H]2CCO[C@H]2C1(C)C. The zero-order chi connectivity index (χ0) is 15.9. The smallest absolute Gasteiger partial charge is 0.246 e. The summed E-state index contributed by atoms with van der Waals surface area (Å²) in [6.07, 6.45) is 4.47. The molecule has 1 saturated heterocycles. The van der Waals surface area contributed by atoms with Crippen molar-refractivity contribution in [1.82, 2.24) is 4.90 Å². The number of likely N-dealkylation sites (N-methyl/N-ethyl adjacent to an activating group) is 1. The molecule has 1 aromatic carbocycles. The molecule has 2 aliphatic rings. The summed E-state index contributed by atoms with van der Waals surface area (Å²) < 4.78 is 18.9. The van der Waals surface area contributed by atoms with Gasteiger partial charge in [-0.2, -0.15) is 0 Å². The van der Waals surface area contributed by atoms with Gasteiger partial charge in [0.15, 0.2) is 0 Å². The van der Waals surface area contributed by atoms with E-state index in [0.717, 1.165) is 13.0 Å². The van der Waals surface area contributed by atoms with Crippen molar-refractivity contribution < 1.29 is 13.9 Å². The fraction of sp³-hybridized carbons (Fsp3) is 0.500. The molecular formula is C18H22FNO2. The molecule has 1 aliphatic carbocycles. The maximum Gasteiger partial charge on any atom is 0.246 e. The van der Waals surface area contributed by atoms with Crippen LogP contribution in [0.1, 0.15) is 25.8 Å². The number of halogens is 1. The van der Waals surface area contributed by atoms with Gasteiger partial charge in [-0.1, -0.05) is 26.0 Å². The Morgan fingerprint density at radius 3 is 2.95 bits per heavy atom. The highest BCUT2D eigenvalue weighted by Gasteiger charge is 2.61. The van der Waals surface area contributed by atoms with Crippen LogP contribution in [0.2, 0.25) is 0 Å². The largest absolute Gasteiger partial charge is 0.377 e. The van der Waals surface area contributed by atoms with Gasteiger partial charge >= 0.3 is 0 Å². The molecule has 0 N–H and O–H groups in total. The van der Waals surface area contributed by atoms with Crippen molar-refractivity contribution in [2.45, 2.75) is 32.4 Å². The summed E-state index contributed by atoms with van der Waals surface area (Å²) in [6, 6.07) is 6.42. The first-order valence-electron chi connectivity index (χ1n) is 7.73. The maximum atomic E-state index is 13.1. The van der Waals surface area contributed by atoms with Crippen LogP contribution in [0.25, 0.3) is 6.08 Å². The third kappa shape index (κ3) is 2.45. The molecule has 2 fully saturated rings. The third-order valence-corrected chi connectivity index (χ3v) is 5.07. The lowest BCUT2D eigenvalue weighted by atomic mass is 9.57. The van der Waals surface area contributed by atoms with Crippen molar-refractivity contribution in [3.63, 3.8) is 0 Å². The summed E-state index contributed by atoms with van der Waals surface area (Å²) >= 11 is 0. The zero-order valence-electron chi connectivity index (χ0n) is 13.3. The number of benzene rings is 1. The Morgan fingerprint density at radius 2 is 2.23 bits per heavy atom. The molecule has 3 nitrogen and oxygen atoms in total. The molecule has 1 aliphatic heterocycles. The van der Waals surface area contributed by atoms with Gasteiger partial charge in [0, 0.05) is 37.1 Å². The lowest BCUT2D eigenvalue weighted by Crippen LogP contribution is -2.66. The van der Waals surface area contributed by atoms with E-state index in [1.807, 2.05) is 11.9 Å². The van der Waals surface area contributed by atoms with Gasteiger partial charge in [0.2, 0.25) is 5.91 Å². The number of nitrogens with zero attached hydrogens (tertiary/aromatic N) is 1. The number of fused-ring (bicyclic) bond motifs is 1. The highest BCUT2D eigenvalue weighted by atomic mass is 19.1. The van der Waals surface area contributed by atoms with E-state index in [1.165, 1.54) is 18.2 Å². The standard InChI is InChI=1S/C18H22FNO2/c1-18(2)16(14-9-10-22-17(14)18)20(3)15(21)8-7-12-5-4-6-13(19)11-12/h4-8,11,14,16-17H,9-10H2,1-3H3/b8-7-/t14-,16+,17+/m0/s1. The minimum atomic E-state index is -0.297. The van der Waals surface area contributed by atoms with E-state index in [0.29, 0.717) is 11.5 Å². The summed E-state index contributed by atoms with van der Waals surface area (Å²) in [5, 5.41) is 0. The van der Waals surface area contributed by atoms with Crippen LogP contribution in [-0.4, -0.2) is 36.6 Å². The second kappa shape index (κ2) is 5.51. The minimum absolute atomic E-state index is 0.0156. The summed E-state index contributed by atoms with van der Waals surface area (Å²) in [7, 11) is 1.85. The van der Waals surface area contributed by atoms with Gasteiger partial charge in [0.1, 0.15) is 5.82 Å². The summed E-state index contributed by atoms with van der Waals surface area (Å²) in [4.78, 5) is 14.2. The highest BCUT2D eigenvalue weighted by molar-refractivity contribution is 5.92. The van der Waals surface area contributed by atoms with Crippen molar-refractivity contribution in [2.24, 2.45) is 11.3 Å². The molecule has 0 aromatic heterocycles. The molecule has 1 saturated carbocycles. The zero-order valence-corrected chi connectivity index (χ0v) is 13.3. The molecule has 4 heteroatoms. The number of hydrogen-bond acceptors (Lipinski definition) is 2. The number of carbonyl (C=O) groups excluding carboxylic acids is 1. The first-order chi connectivity index (χ1) is 10.4. The number of ether oxygens (including phenoxy) is 1. The molecule has 0 spiro atoms. The van der Waals surface area contributed by atoms with Gasteiger partial charge in [-0.25, -0.2) is 4.39 Å². The number of amides is 1. The Bertz CT molecular complexity index is 611. The Morgan fingerprint density at radius 1 is 1.45 bits per heavy atom. The van der Waals surface area contributed by atoms with E-state index in [2.05, 4.69) is 13.8 Å². The Labute approximate surface area is 130 Å². The van der Waals surface area contributed by atoms with E-state index in [9.17, 15) is 9.18 Å². The van der Waals surface area contributed by atoms with Crippen molar-refractivity contribution in [3.05, 3.63) is 41.7 Å². The van der Waals surface area contributed by atoms with Crippen LogP contribution >= 0.6 is 0 Å². The van der Waals surface area contributed by atoms with E-state index in [4.69, 9.17) is 4.74 Å². The highest BCUT2D eigenvalue weighted by Crippen LogP contribution is 2.54. The molecule has 0 unspecified atom stereocenters. The topological polar surface area (TPSA) is 29.5 Å². The fourth-order valence-corrected chi connectivity index (χ4v) is 4.12. The quantitative estimate of drug-likeness (QED) is 0.803. The van der Waals surface area contributed by atoms with E-state index < -0.39 is 0 Å². The predicted octanol–water partition coefficient (Wildman–Crippen LogP) is 3.11. The minimum Gasteiger partial charge on any atom is -0.377 e. The first kappa shape index (κ1) is 15.2. The van der Waals surface area contributed by atoms with Crippen LogP contribution in [0, 0.1) is 17.2 Å². The number of carbonyl (C=O) groups is 1. The Kier molecular flexibility index (Phi) is 3.81.